The van der Waals surface area contributed by atoms with E-state index in [4.69, 9.17) is 0 Å². The predicted molar refractivity (Wildman–Crippen MR) is 62.3 cm³/mol. The van der Waals surface area contributed by atoms with Crippen molar-refractivity contribution in [3.05, 3.63) is 29.8 Å². The lowest BCUT2D eigenvalue weighted by atomic mass is 10.1. The first kappa shape index (κ1) is 12.1. The van der Waals surface area contributed by atoms with Gasteiger partial charge in [-0.05, 0) is 19.1 Å². The van der Waals surface area contributed by atoms with E-state index < -0.39 is 10.8 Å². The van der Waals surface area contributed by atoms with Crippen molar-refractivity contribution < 1.29 is 9.00 Å². The van der Waals surface area contributed by atoms with Gasteiger partial charge in [0.25, 0.3) is 0 Å². The first-order valence-electron chi connectivity index (χ1n) is 4.98. The highest BCUT2D eigenvalue weighted by atomic mass is 32.2. The molecule has 1 rings (SSSR count). The molecule has 0 spiro atoms. The number of carbonyl (C=O) groups excluding carboxylic acids is 1. The number of Topliss-reactive ketones (excluding diaryl/α,β-unsaturated/α-hetero) is 1. The maximum absolute atomic E-state index is 11.8. The molecule has 0 amide bonds. The summed E-state index contributed by atoms with van der Waals surface area (Å²) in [5, 5.41) is 0. The zero-order valence-electron chi connectivity index (χ0n) is 9.32. The molecule has 0 aliphatic rings. The molecule has 0 aliphatic carbocycles. The Kier molecular flexibility index (Phi) is 4.21. The van der Waals surface area contributed by atoms with Crippen LogP contribution in [0.5, 0.6) is 0 Å². The number of aryl methyl sites for hydroxylation is 1. The highest BCUT2D eigenvalue weighted by molar-refractivity contribution is 7.85. The van der Waals surface area contributed by atoms with Crippen molar-refractivity contribution in [3.8, 4) is 0 Å². The Hall–Kier alpha value is -0.960. The van der Waals surface area contributed by atoms with Crippen LogP contribution in [0.15, 0.2) is 29.2 Å². The van der Waals surface area contributed by atoms with Crippen LogP contribution in [0.25, 0.3) is 0 Å². The van der Waals surface area contributed by atoms with Gasteiger partial charge >= 0.3 is 0 Å². The molecule has 1 aromatic rings. The van der Waals surface area contributed by atoms with Crippen molar-refractivity contribution in [2.45, 2.75) is 25.7 Å². The van der Waals surface area contributed by atoms with Gasteiger partial charge in [-0.25, -0.2) is 0 Å². The van der Waals surface area contributed by atoms with Gasteiger partial charge in [0.15, 0.2) is 0 Å². The summed E-state index contributed by atoms with van der Waals surface area (Å²) in [5.41, 5.74) is 1.13. The lowest BCUT2D eigenvalue weighted by Gasteiger charge is -2.04. The van der Waals surface area contributed by atoms with Gasteiger partial charge < -0.3 is 0 Å². The molecule has 0 heterocycles. The molecule has 3 heteroatoms. The summed E-state index contributed by atoms with van der Waals surface area (Å²) in [6.45, 7) is 5.63. The number of hydrogen-bond donors (Lipinski definition) is 0. The number of rotatable bonds is 4. The van der Waals surface area contributed by atoms with Gasteiger partial charge in [-0.2, -0.15) is 0 Å². The second-order valence-corrected chi connectivity index (χ2v) is 5.38. The quantitative estimate of drug-likeness (QED) is 0.786. The monoisotopic (exact) mass is 224 g/mol. The van der Waals surface area contributed by atoms with Crippen molar-refractivity contribution >= 4 is 16.6 Å². The smallest absolute Gasteiger partial charge is 0.148 e. The van der Waals surface area contributed by atoms with E-state index >= 15 is 0 Å². The average molecular weight is 224 g/mol. The predicted octanol–water partition coefficient (Wildman–Crippen LogP) is 2.33. The van der Waals surface area contributed by atoms with Gasteiger partial charge in [0, 0.05) is 10.8 Å². The Morgan fingerprint density at radius 2 is 1.80 bits per heavy atom. The molecule has 1 aromatic carbocycles. The minimum absolute atomic E-state index is 0.0422. The number of ketones is 1. The van der Waals surface area contributed by atoms with Gasteiger partial charge in [-0.1, -0.05) is 31.5 Å². The van der Waals surface area contributed by atoms with Crippen LogP contribution < -0.4 is 0 Å². The van der Waals surface area contributed by atoms with Gasteiger partial charge in [-0.15, -0.1) is 0 Å². The molecule has 1 atom stereocenters. The molecule has 0 aliphatic heterocycles. The van der Waals surface area contributed by atoms with Crippen LogP contribution in [0.4, 0.5) is 0 Å². The fraction of sp³-hybridized carbons (Fsp3) is 0.417. The molecule has 0 N–H and O–H groups in total. The highest BCUT2D eigenvalue weighted by Crippen LogP contribution is 2.09. The summed E-state index contributed by atoms with van der Waals surface area (Å²) in [6.07, 6.45) is 0. The molecule has 0 radical (unpaired) electrons. The minimum Gasteiger partial charge on any atom is -0.298 e. The van der Waals surface area contributed by atoms with E-state index in [2.05, 4.69) is 0 Å². The van der Waals surface area contributed by atoms with Crippen LogP contribution in [0.3, 0.4) is 0 Å². The van der Waals surface area contributed by atoms with Crippen molar-refractivity contribution in [3.63, 3.8) is 0 Å². The third-order valence-electron chi connectivity index (χ3n) is 2.20. The summed E-state index contributed by atoms with van der Waals surface area (Å²) in [6, 6.07) is 7.46. The van der Waals surface area contributed by atoms with Crippen LogP contribution in [0, 0.1) is 12.8 Å². The summed E-state index contributed by atoms with van der Waals surface area (Å²) in [4.78, 5) is 12.1. The number of benzene rings is 1. The molecule has 0 fully saturated rings. The SMILES string of the molecule is Cc1ccc(S(=O)CC(=O)C(C)C)cc1. The average Bonchev–Trinajstić information content (AvgIpc) is 2.18. The first-order chi connectivity index (χ1) is 7.00. The molecule has 1 unspecified atom stereocenters. The number of hydrogen-bond acceptors (Lipinski definition) is 2. The fourth-order valence-electron chi connectivity index (χ4n) is 1.07. The summed E-state index contributed by atoms with van der Waals surface area (Å²) in [5.74, 6) is 0.133. The number of carbonyl (C=O) groups is 1. The van der Waals surface area contributed by atoms with Crippen molar-refractivity contribution in [2.24, 2.45) is 5.92 Å². The summed E-state index contributed by atoms with van der Waals surface area (Å²) >= 11 is 0. The lowest BCUT2D eigenvalue weighted by Crippen LogP contribution is -2.16. The van der Waals surface area contributed by atoms with E-state index in [-0.39, 0.29) is 17.5 Å². The summed E-state index contributed by atoms with van der Waals surface area (Å²) < 4.78 is 11.8. The van der Waals surface area contributed by atoms with E-state index in [1.165, 1.54) is 0 Å². The Bertz CT molecular complexity index is 366. The Morgan fingerprint density at radius 3 is 2.27 bits per heavy atom. The molecular formula is C12H16O2S. The molecule has 0 bridgehead atoms. The maximum Gasteiger partial charge on any atom is 0.148 e. The lowest BCUT2D eigenvalue weighted by molar-refractivity contribution is -0.119. The Labute approximate surface area is 93.2 Å². The van der Waals surface area contributed by atoms with Crippen molar-refractivity contribution in [1.29, 1.82) is 0 Å². The largest absolute Gasteiger partial charge is 0.298 e. The molecule has 15 heavy (non-hydrogen) atoms. The standard InChI is InChI=1S/C12H16O2S/c1-9(2)12(13)8-15(14)11-6-4-10(3)5-7-11/h4-7,9H,8H2,1-3H3. The van der Waals surface area contributed by atoms with Crippen molar-refractivity contribution in [2.75, 3.05) is 5.75 Å². The van der Waals surface area contributed by atoms with Crippen LogP contribution in [-0.4, -0.2) is 15.7 Å². The van der Waals surface area contributed by atoms with E-state index in [0.717, 1.165) is 10.5 Å². The molecule has 0 aromatic heterocycles. The third-order valence-corrected chi connectivity index (χ3v) is 3.55. The van der Waals surface area contributed by atoms with Gasteiger partial charge in [0.05, 0.1) is 16.6 Å². The molecule has 2 nitrogen and oxygen atoms in total. The molecule has 0 saturated heterocycles. The second kappa shape index (κ2) is 5.21. The first-order valence-corrected chi connectivity index (χ1v) is 6.30. The maximum atomic E-state index is 11.8. The van der Waals surface area contributed by atoms with E-state index in [9.17, 15) is 9.00 Å². The van der Waals surface area contributed by atoms with Crippen LogP contribution in [0.1, 0.15) is 19.4 Å². The van der Waals surface area contributed by atoms with E-state index in [1.807, 2.05) is 45.0 Å². The molecular weight excluding hydrogens is 208 g/mol. The Morgan fingerprint density at radius 1 is 1.27 bits per heavy atom. The van der Waals surface area contributed by atoms with Crippen LogP contribution in [-0.2, 0) is 15.6 Å². The van der Waals surface area contributed by atoms with Gasteiger partial charge in [0.1, 0.15) is 5.78 Å². The van der Waals surface area contributed by atoms with Gasteiger partial charge in [0.2, 0.25) is 0 Å². The normalized spacial score (nSPS) is 12.8. The van der Waals surface area contributed by atoms with E-state index in [0.29, 0.717) is 0 Å². The highest BCUT2D eigenvalue weighted by Gasteiger charge is 2.12. The zero-order chi connectivity index (χ0) is 11.4. The van der Waals surface area contributed by atoms with Crippen molar-refractivity contribution in [1.82, 2.24) is 0 Å². The topological polar surface area (TPSA) is 34.1 Å². The molecule has 0 saturated carbocycles. The third kappa shape index (κ3) is 3.59. The van der Waals surface area contributed by atoms with Crippen LogP contribution in [0.2, 0.25) is 0 Å². The summed E-state index contributed by atoms with van der Waals surface area (Å²) in [7, 11) is -1.19. The van der Waals surface area contributed by atoms with Gasteiger partial charge in [-0.3, -0.25) is 9.00 Å². The van der Waals surface area contributed by atoms with E-state index in [1.54, 1.807) is 0 Å². The van der Waals surface area contributed by atoms with Crippen LogP contribution >= 0.6 is 0 Å². The zero-order valence-corrected chi connectivity index (χ0v) is 10.1. The fourth-order valence-corrected chi connectivity index (χ4v) is 2.27. The second-order valence-electron chi connectivity index (χ2n) is 3.92. The minimum atomic E-state index is -1.19. The Balaban J connectivity index is 2.69. The molecule has 82 valence electrons.